The van der Waals surface area contributed by atoms with Gasteiger partial charge in [-0.25, -0.2) is 0 Å². The van der Waals surface area contributed by atoms with Crippen LogP contribution < -0.4 is 9.80 Å². The monoisotopic (exact) mass is 602 g/mol. The molecule has 2 heteroatoms. The summed E-state index contributed by atoms with van der Waals surface area (Å²) in [5.41, 5.74) is 11.1. The van der Waals surface area contributed by atoms with E-state index in [0.717, 1.165) is 36.3 Å². The molecule has 0 saturated carbocycles. The largest absolute Gasteiger partial charge is 0.338 e. The van der Waals surface area contributed by atoms with Crippen molar-refractivity contribution in [3.05, 3.63) is 187 Å². The summed E-state index contributed by atoms with van der Waals surface area (Å²) in [5, 5.41) is 0. The predicted molar refractivity (Wildman–Crippen MR) is 201 cm³/mol. The number of rotatable bonds is 13. The first-order valence-electron chi connectivity index (χ1n) is 16.4. The minimum Gasteiger partial charge on any atom is -0.338 e. The van der Waals surface area contributed by atoms with Crippen LogP contribution in [-0.4, -0.2) is 6.04 Å². The molecule has 0 bridgehead atoms. The molecule has 0 aromatic heterocycles. The van der Waals surface area contributed by atoms with Gasteiger partial charge in [0, 0.05) is 40.4 Å². The van der Waals surface area contributed by atoms with E-state index in [1.807, 2.05) is 12.2 Å². The zero-order valence-corrected chi connectivity index (χ0v) is 27.5. The number of hydrogen-bond acceptors (Lipinski definition) is 2. The number of hydrogen-bond donors (Lipinski definition) is 0. The van der Waals surface area contributed by atoms with E-state index in [0.29, 0.717) is 5.92 Å². The Morgan fingerprint density at radius 3 is 1.91 bits per heavy atom. The molecule has 46 heavy (non-hydrogen) atoms. The van der Waals surface area contributed by atoms with Crippen molar-refractivity contribution in [2.45, 2.75) is 46.1 Å². The van der Waals surface area contributed by atoms with Gasteiger partial charge < -0.3 is 9.80 Å². The SMILES string of the molecule is C=CCC(C=CC(C)N(C1=CC=C(c2ccc(N(c3ccccc3)c3ccc(CC=C)cc3)cc2)CC1C)c1ccccc1)=CC. The van der Waals surface area contributed by atoms with Gasteiger partial charge in [0.2, 0.25) is 0 Å². The average molecular weight is 603 g/mol. The van der Waals surface area contributed by atoms with E-state index >= 15 is 0 Å². The third kappa shape index (κ3) is 7.76. The lowest BCUT2D eigenvalue weighted by atomic mass is 9.87. The fourth-order valence-corrected chi connectivity index (χ4v) is 6.19. The van der Waals surface area contributed by atoms with Crippen LogP contribution in [-0.2, 0) is 6.42 Å². The van der Waals surface area contributed by atoms with E-state index in [2.05, 4.69) is 183 Å². The second-order valence-corrected chi connectivity index (χ2v) is 11.9. The van der Waals surface area contributed by atoms with E-state index in [-0.39, 0.29) is 6.04 Å². The fraction of sp³-hybridized carbons (Fsp3) is 0.182. The van der Waals surface area contributed by atoms with Crippen molar-refractivity contribution in [1.82, 2.24) is 0 Å². The van der Waals surface area contributed by atoms with Gasteiger partial charge in [0.05, 0.1) is 0 Å². The highest BCUT2D eigenvalue weighted by atomic mass is 15.2. The van der Waals surface area contributed by atoms with Crippen molar-refractivity contribution < 1.29 is 0 Å². The molecule has 0 heterocycles. The summed E-state index contributed by atoms with van der Waals surface area (Å²) in [5.74, 6) is 0.361. The van der Waals surface area contributed by atoms with E-state index in [9.17, 15) is 0 Å². The Balaban J connectivity index is 1.44. The number of allylic oxidation sites excluding steroid dienone is 9. The molecule has 0 aliphatic heterocycles. The smallest absolute Gasteiger partial charge is 0.0494 e. The van der Waals surface area contributed by atoms with E-state index in [1.54, 1.807) is 0 Å². The van der Waals surface area contributed by atoms with Crippen molar-refractivity contribution >= 4 is 28.3 Å². The number of anilines is 4. The summed E-state index contributed by atoms with van der Waals surface area (Å²) in [7, 11) is 0. The maximum Gasteiger partial charge on any atom is 0.0494 e. The van der Waals surface area contributed by atoms with Crippen molar-refractivity contribution in [1.29, 1.82) is 0 Å². The zero-order valence-electron chi connectivity index (χ0n) is 27.5. The lowest BCUT2D eigenvalue weighted by Crippen LogP contribution is -2.34. The van der Waals surface area contributed by atoms with Crippen LogP contribution in [0.25, 0.3) is 5.57 Å². The molecular weight excluding hydrogens is 556 g/mol. The normalized spacial score (nSPS) is 15.5. The number of para-hydroxylation sites is 2. The summed E-state index contributed by atoms with van der Waals surface area (Å²) >= 11 is 0. The Morgan fingerprint density at radius 1 is 0.761 bits per heavy atom. The van der Waals surface area contributed by atoms with E-state index in [4.69, 9.17) is 0 Å². The van der Waals surface area contributed by atoms with Crippen LogP contribution >= 0.6 is 0 Å². The highest BCUT2D eigenvalue weighted by Gasteiger charge is 2.25. The quantitative estimate of drug-likeness (QED) is 0.111. The summed E-state index contributed by atoms with van der Waals surface area (Å²) in [6.45, 7) is 14.5. The number of benzene rings is 4. The van der Waals surface area contributed by atoms with E-state index < -0.39 is 0 Å². The summed E-state index contributed by atoms with van der Waals surface area (Å²) in [4.78, 5) is 4.80. The Labute approximate surface area is 276 Å². The topological polar surface area (TPSA) is 6.48 Å². The molecule has 0 spiro atoms. The molecule has 2 atom stereocenters. The van der Waals surface area contributed by atoms with Gasteiger partial charge in [0.25, 0.3) is 0 Å². The average Bonchev–Trinajstić information content (AvgIpc) is 3.10. The van der Waals surface area contributed by atoms with E-state index in [1.165, 1.54) is 33.7 Å². The Kier molecular flexibility index (Phi) is 11.1. The first-order chi connectivity index (χ1) is 22.5. The molecular formula is C44H46N2. The van der Waals surface area contributed by atoms with Crippen LogP contribution in [0, 0.1) is 5.92 Å². The van der Waals surface area contributed by atoms with Crippen LogP contribution in [0.1, 0.15) is 44.7 Å². The van der Waals surface area contributed by atoms with Crippen LogP contribution in [0.15, 0.2) is 176 Å². The van der Waals surface area contributed by atoms with Crippen LogP contribution in [0.3, 0.4) is 0 Å². The lowest BCUT2D eigenvalue weighted by Gasteiger charge is -2.37. The fourth-order valence-electron chi connectivity index (χ4n) is 6.19. The Hall–Kier alpha value is -5.08. The molecule has 232 valence electrons. The summed E-state index contributed by atoms with van der Waals surface area (Å²) < 4.78 is 0. The molecule has 1 aliphatic carbocycles. The van der Waals surface area contributed by atoms with Crippen LogP contribution in [0.2, 0.25) is 0 Å². The van der Waals surface area contributed by atoms with Crippen LogP contribution in [0.5, 0.6) is 0 Å². The molecule has 0 fully saturated rings. The third-order valence-corrected chi connectivity index (χ3v) is 8.63. The standard InChI is InChI=1S/C44H46N2/c1-6-15-36(8-3)22-21-35(5)45(40-17-11-9-12-18-40)44-32-27-39(33-34(44)4)38-25-30-43(31-26-38)46(41-19-13-10-14-20-41)42-28-23-37(16-7-2)24-29-42/h6-14,17-32,34-35H,1-2,15-16,33H2,3-5H3. The molecule has 0 saturated heterocycles. The van der Waals surface area contributed by atoms with Crippen molar-refractivity contribution in [2.75, 3.05) is 9.80 Å². The van der Waals surface area contributed by atoms with Gasteiger partial charge in [-0.05, 0) is 110 Å². The second-order valence-electron chi connectivity index (χ2n) is 11.9. The molecule has 2 unspecified atom stereocenters. The lowest BCUT2D eigenvalue weighted by molar-refractivity contribution is 0.635. The molecule has 5 rings (SSSR count). The summed E-state index contributed by atoms with van der Waals surface area (Å²) in [6, 6.07) is 39.3. The second kappa shape index (κ2) is 15.8. The summed E-state index contributed by atoms with van der Waals surface area (Å²) in [6.07, 6.45) is 18.0. The molecule has 4 aromatic carbocycles. The number of nitrogens with zero attached hydrogens (tertiary/aromatic N) is 2. The van der Waals surface area contributed by atoms with Gasteiger partial charge in [0.15, 0.2) is 0 Å². The zero-order chi connectivity index (χ0) is 32.3. The molecule has 0 N–H and O–H groups in total. The first kappa shape index (κ1) is 32.3. The minimum absolute atomic E-state index is 0.194. The Morgan fingerprint density at radius 2 is 1.35 bits per heavy atom. The highest BCUT2D eigenvalue weighted by Crippen LogP contribution is 2.39. The van der Waals surface area contributed by atoms with Gasteiger partial charge in [-0.1, -0.05) is 104 Å². The predicted octanol–water partition coefficient (Wildman–Crippen LogP) is 12.2. The van der Waals surface area contributed by atoms with Crippen molar-refractivity contribution in [3.63, 3.8) is 0 Å². The third-order valence-electron chi connectivity index (χ3n) is 8.63. The minimum atomic E-state index is 0.194. The molecule has 0 amide bonds. The van der Waals surface area contributed by atoms with Crippen LogP contribution in [0.4, 0.5) is 22.7 Å². The molecule has 0 radical (unpaired) electrons. The maximum atomic E-state index is 3.92. The van der Waals surface area contributed by atoms with Gasteiger partial charge in [-0.15, -0.1) is 13.2 Å². The molecule has 4 aromatic rings. The van der Waals surface area contributed by atoms with Gasteiger partial charge in [-0.2, -0.15) is 0 Å². The van der Waals surface area contributed by atoms with Gasteiger partial charge >= 0.3 is 0 Å². The highest BCUT2D eigenvalue weighted by molar-refractivity contribution is 5.79. The van der Waals surface area contributed by atoms with Crippen molar-refractivity contribution in [3.8, 4) is 0 Å². The van der Waals surface area contributed by atoms with Crippen molar-refractivity contribution in [2.24, 2.45) is 5.92 Å². The van der Waals surface area contributed by atoms with Gasteiger partial charge in [-0.3, -0.25) is 0 Å². The molecule has 1 aliphatic rings. The Bertz CT molecular complexity index is 1700. The maximum absolute atomic E-state index is 3.92. The van der Waals surface area contributed by atoms with Gasteiger partial charge in [0.1, 0.15) is 0 Å². The molecule has 2 nitrogen and oxygen atoms in total. The first-order valence-corrected chi connectivity index (χ1v) is 16.4.